The van der Waals surface area contributed by atoms with Crippen LogP contribution in [-0.4, -0.2) is 28.4 Å². The lowest BCUT2D eigenvalue weighted by atomic mass is 10.1. The van der Waals surface area contributed by atoms with Gasteiger partial charge in [0.05, 0.1) is 11.7 Å². The summed E-state index contributed by atoms with van der Waals surface area (Å²) in [6.45, 7) is 4.65. The van der Waals surface area contributed by atoms with Gasteiger partial charge in [-0.15, -0.1) is 0 Å². The molecule has 2 N–H and O–H groups in total. The van der Waals surface area contributed by atoms with Gasteiger partial charge in [-0.1, -0.05) is 6.07 Å². The molecular formula is C12H17N3O. The molecule has 0 aliphatic carbocycles. The number of rotatable bonds is 2. The standard InChI is InChI=1S/C12H17N3O/c1-3-15-11(16)6-9(13)12(15)10-5-4-8(2)7-14-10/h4-5,7,9,12H,3,6,13H2,1-2H3/t9-,12-/m0/s1. The molecule has 0 radical (unpaired) electrons. The molecule has 2 rings (SSSR count). The van der Waals surface area contributed by atoms with E-state index >= 15 is 0 Å². The molecule has 1 fully saturated rings. The average Bonchev–Trinajstić information content (AvgIpc) is 2.54. The minimum absolute atomic E-state index is 0.0573. The highest BCUT2D eigenvalue weighted by Gasteiger charge is 2.38. The van der Waals surface area contributed by atoms with Gasteiger partial charge in [0.2, 0.25) is 5.91 Å². The van der Waals surface area contributed by atoms with Crippen LogP contribution in [0.15, 0.2) is 18.3 Å². The lowest BCUT2D eigenvalue weighted by Crippen LogP contribution is -2.33. The number of nitrogens with two attached hydrogens (primary N) is 1. The predicted molar refractivity (Wildman–Crippen MR) is 61.7 cm³/mol. The van der Waals surface area contributed by atoms with Crippen LogP contribution in [-0.2, 0) is 4.79 Å². The SMILES string of the molecule is CCN1C(=O)C[C@H](N)[C@H]1c1ccc(C)cn1. The number of aryl methyl sites for hydroxylation is 1. The number of hydrogen-bond acceptors (Lipinski definition) is 3. The number of likely N-dealkylation sites (tertiary alicyclic amines) is 1. The predicted octanol–water partition coefficient (Wildman–Crippen LogP) is 1.01. The summed E-state index contributed by atoms with van der Waals surface area (Å²) >= 11 is 0. The van der Waals surface area contributed by atoms with Gasteiger partial charge in [0.1, 0.15) is 0 Å². The van der Waals surface area contributed by atoms with Gasteiger partial charge in [0.25, 0.3) is 0 Å². The zero-order valence-electron chi connectivity index (χ0n) is 9.68. The molecule has 0 saturated carbocycles. The first-order chi connectivity index (χ1) is 7.63. The Morgan fingerprint density at radius 3 is 2.88 bits per heavy atom. The molecule has 0 aromatic carbocycles. The Bertz CT molecular complexity index is 388. The Kier molecular flexibility index (Phi) is 2.92. The van der Waals surface area contributed by atoms with Gasteiger partial charge in [-0.3, -0.25) is 9.78 Å². The number of likely N-dealkylation sites (N-methyl/N-ethyl adjacent to an activating group) is 1. The van der Waals surface area contributed by atoms with Gasteiger partial charge in [0.15, 0.2) is 0 Å². The van der Waals surface area contributed by atoms with Crippen molar-refractivity contribution in [2.45, 2.75) is 32.4 Å². The molecular weight excluding hydrogens is 202 g/mol. The van der Waals surface area contributed by atoms with Crippen molar-refractivity contribution >= 4 is 5.91 Å². The number of carbonyl (C=O) groups excluding carboxylic acids is 1. The van der Waals surface area contributed by atoms with Crippen molar-refractivity contribution in [2.24, 2.45) is 5.73 Å². The summed E-state index contributed by atoms with van der Waals surface area (Å²) in [4.78, 5) is 17.9. The number of carbonyl (C=O) groups is 1. The minimum Gasteiger partial charge on any atom is -0.333 e. The number of hydrogen-bond donors (Lipinski definition) is 1. The first kappa shape index (κ1) is 11.1. The highest BCUT2D eigenvalue weighted by Crippen LogP contribution is 2.30. The van der Waals surface area contributed by atoms with Crippen molar-refractivity contribution in [1.29, 1.82) is 0 Å². The van der Waals surface area contributed by atoms with Crippen LogP contribution >= 0.6 is 0 Å². The molecule has 0 spiro atoms. The fourth-order valence-corrected chi connectivity index (χ4v) is 2.22. The van der Waals surface area contributed by atoms with E-state index in [1.165, 1.54) is 0 Å². The Morgan fingerprint density at radius 1 is 1.56 bits per heavy atom. The summed E-state index contributed by atoms with van der Waals surface area (Å²) in [5, 5.41) is 0. The first-order valence-electron chi connectivity index (χ1n) is 5.61. The van der Waals surface area contributed by atoms with Crippen molar-refractivity contribution in [1.82, 2.24) is 9.88 Å². The van der Waals surface area contributed by atoms with E-state index in [0.29, 0.717) is 13.0 Å². The molecule has 1 aromatic rings. The lowest BCUT2D eigenvalue weighted by Gasteiger charge is -2.25. The van der Waals surface area contributed by atoms with E-state index in [-0.39, 0.29) is 18.0 Å². The van der Waals surface area contributed by atoms with Crippen LogP contribution in [0.5, 0.6) is 0 Å². The molecule has 2 atom stereocenters. The monoisotopic (exact) mass is 219 g/mol. The van der Waals surface area contributed by atoms with Crippen LogP contribution in [0, 0.1) is 6.92 Å². The summed E-state index contributed by atoms with van der Waals surface area (Å²) in [5.74, 6) is 0.127. The lowest BCUT2D eigenvalue weighted by molar-refractivity contribution is -0.128. The maximum atomic E-state index is 11.7. The fourth-order valence-electron chi connectivity index (χ4n) is 2.22. The van der Waals surface area contributed by atoms with E-state index in [0.717, 1.165) is 11.3 Å². The normalized spacial score (nSPS) is 25.2. The summed E-state index contributed by atoms with van der Waals surface area (Å²) in [7, 11) is 0. The molecule has 1 saturated heterocycles. The molecule has 16 heavy (non-hydrogen) atoms. The van der Waals surface area contributed by atoms with E-state index in [1.54, 1.807) is 0 Å². The van der Waals surface area contributed by atoms with Gasteiger partial charge in [-0.2, -0.15) is 0 Å². The van der Waals surface area contributed by atoms with E-state index in [4.69, 9.17) is 5.73 Å². The number of pyridine rings is 1. The number of nitrogens with zero attached hydrogens (tertiary/aromatic N) is 2. The molecule has 1 amide bonds. The molecule has 2 heterocycles. The molecule has 0 unspecified atom stereocenters. The maximum absolute atomic E-state index is 11.7. The Balaban J connectivity index is 2.31. The summed E-state index contributed by atoms with van der Waals surface area (Å²) in [6.07, 6.45) is 2.24. The first-order valence-corrected chi connectivity index (χ1v) is 5.61. The van der Waals surface area contributed by atoms with Gasteiger partial charge < -0.3 is 10.6 Å². The zero-order chi connectivity index (χ0) is 11.7. The van der Waals surface area contributed by atoms with Crippen molar-refractivity contribution < 1.29 is 4.79 Å². The highest BCUT2D eigenvalue weighted by atomic mass is 16.2. The third-order valence-electron chi connectivity index (χ3n) is 3.05. The summed E-state index contributed by atoms with van der Waals surface area (Å²) in [6, 6.07) is 3.77. The second-order valence-corrected chi connectivity index (χ2v) is 4.25. The largest absolute Gasteiger partial charge is 0.333 e. The van der Waals surface area contributed by atoms with Crippen LogP contribution in [0.4, 0.5) is 0 Å². The topological polar surface area (TPSA) is 59.2 Å². The van der Waals surface area contributed by atoms with Gasteiger partial charge in [-0.05, 0) is 25.5 Å². The third-order valence-corrected chi connectivity index (χ3v) is 3.05. The third kappa shape index (κ3) is 1.80. The van der Waals surface area contributed by atoms with Crippen LogP contribution in [0.2, 0.25) is 0 Å². The van der Waals surface area contributed by atoms with Crippen LogP contribution in [0.25, 0.3) is 0 Å². The van der Waals surface area contributed by atoms with Crippen LogP contribution < -0.4 is 5.73 Å². The van der Waals surface area contributed by atoms with E-state index < -0.39 is 0 Å². The molecule has 1 aliphatic heterocycles. The smallest absolute Gasteiger partial charge is 0.224 e. The highest BCUT2D eigenvalue weighted by molar-refractivity contribution is 5.80. The Morgan fingerprint density at radius 2 is 2.31 bits per heavy atom. The van der Waals surface area contributed by atoms with E-state index in [2.05, 4.69) is 4.98 Å². The number of amides is 1. The van der Waals surface area contributed by atoms with Crippen molar-refractivity contribution in [3.8, 4) is 0 Å². The van der Waals surface area contributed by atoms with Crippen molar-refractivity contribution in [3.05, 3.63) is 29.6 Å². The molecule has 4 heteroatoms. The zero-order valence-corrected chi connectivity index (χ0v) is 9.68. The Hall–Kier alpha value is -1.42. The van der Waals surface area contributed by atoms with E-state index in [1.807, 2.05) is 37.1 Å². The molecule has 4 nitrogen and oxygen atoms in total. The van der Waals surface area contributed by atoms with E-state index in [9.17, 15) is 4.79 Å². The molecule has 1 aromatic heterocycles. The molecule has 86 valence electrons. The van der Waals surface area contributed by atoms with Gasteiger partial charge in [-0.25, -0.2) is 0 Å². The van der Waals surface area contributed by atoms with Crippen molar-refractivity contribution in [3.63, 3.8) is 0 Å². The van der Waals surface area contributed by atoms with Crippen molar-refractivity contribution in [2.75, 3.05) is 6.54 Å². The Labute approximate surface area is 95.5 Å². The molecule has 1 aliphatic rings. The summed E-state index contributed by atoms with van der Waals surface area (Å²) < 4.78 is 0. The number of aromatic nitrogens is 1. The fraction of sp³-hybridized carbons (Fsp3) is 0.500. The molecule has 0 bridgehead atoms. The second kappa shape index (κ2) is 4.22. The average molecular weight is 219 g/mol. The minimum atomic E-state index is -0.136. The summed E-state index contributed by atoms with van der Waals surface area (Å²) in [5.41, 5.74) is 8.01. The van der Waals surface area contributed by atoms with Crippen LogP contribution in [0.1, 0.15) is 30.6 Å². The van der Waals surface area contributed by atoms with Gasteiger partial charge >= 0.3 is 0 Å². The van der Waals surface area contributed by atoms with Gasteiger partial charge in [0, 0.05) is 25.2 Å². The maximum Gasteiger partial charge on any atom is 0.224 e. The quantitative estimate of drug-likeness (QED) is 0.807. The van der Waals surface area contributed by atoms with Crippen LogP contribution in [0.3, 0.4) is 0 Å². The second-order valence-electron chi connectivity index (χ2n) is 4.25.